The number of aliphatic hydroxyl groups is 1. The van der Waals surface area contributed by atoms with Crippen molar-refractivity contribution >= 4 is 11.9 Å². The van der Waals surface area contributed by atoms with Gasteiger partial charge in [-0.2, -0.15) is 0 Å². The minimum absolute atomic E-state index is 0.214. The van der Waals surface area contributed by atoms with Crippen molar-refractivity contribution in [1.29, 1.82) is 0 Å². The van der Waals surface area contributed by atoms with Crippen molar-refractivity contribution in [1.82, 2.24) is 0 Å². The number of carbonyl (C=O) groups excluding carboxylic acids is 2. The second-order valence-corrected chi connectivity index (χ2v) is 9.28. The summed E-state index contributed by atoms with van der Waals surface area (Å²) in [4.78, 5) is 24.0. The number of aliphatic hydroxyl groups excluding tert-OH is 1. The van der Waals surface area contributed by atoms with Crippen LogP contribution < -0.4 is 0 Å². The Labute approximate surface area is 203 Å². The van der Waals surface area contributed by atoms with Crippen LogP contribution in [0.25, 0.3) is 0 Å². The Morgan fingerprint density at radius 2 is 1.12 bits per heavy atom. The van der Waals surface area contributed by atoms with Crippen molar-refractivity contribution in [3.63, 3.8) is 0 Å². The zero-order chi connectivity index (χ0) is 24.9. The molecule has 0 aromatic heterocycles. The third-order valence-electron chi connectivity index (χ3n) is 5.82. The van der Waals surface area contributed by atoms with Crippen molar-refractivity contribution in [3.05, 3.63) is 23.5 Å². The van der Waals surface area contributed by atoms with E-state index in [1.165, 1.54) is 90.4 Å². The molecule has 5 nitrogen and oxygen atoms in total. The minimum Gasteiger partial charge on any atom is -0.433 e. The molecule has 1 N–H and O–H groups in total. The van der Waals surface area contributed by atoms with Gasteiger partial charge in [0.05, 0.1) is 5.57 Å². The number of ether oxygens (including phenoxy) is 2. The molecule has 0 saturated heterocycles. The number of hydrogen-bond donors (Lipinski definition) is 1. The maximum Gasteiger partial charge on any atom is 0.339 e. The predicted molar refractivity (Wildman–Crippen MR) is 136 cm³/mol. The summed E-state index contributed by atoms with van der Waals surface area (Å²) in [7, 11) is 0. The van der Waals surface area contributed by atoms with Gasteiger partial charge in [0.1, 0.15) is 5.76 Å². The molecule has 1 unspecified atom stereocenters. The highest BCUT2D eigenvalue weighted by molar-refractivity contribution is 5.91. The van der Waals surface area contributed by atoms with Gasteiger partial charge in [-0.3, -0.25) is 0 Å². The average molecular weight is 467 g/mol. The lowest BCUT2D eigenvalue weighted by molar-refractivity contribution is -0.160. The summed E-state index contributed by atoms with van der Waals surface area (Å²) < 4.78 is 10.2. The van der Waals surface area contributed by atoms with Crippen molar-refractivity contribution < 1.29 is 24.2 Å². The van der Waals surface area contributed by atoms with Crippen LogP contribution in [0.4, 0.5) is 0 Å². The van der Waals surface area contributed by atoms with E-state index in [-0.39, 0.29) is 11.1 Å². The van der Waals surface area contributed by atoms with Gasteiger partial charge in [0, 0.05) is 12.0 Å². The molecule has 0 aromatic carbocycles. The van der Waals surface area contributed by atoms with E-state index in [0.717, 1.165) is 19.3 Å². The fourth-order valence-electron chi connectivity index (χ4n) is 3.70. The number of esters is 2. The van der Waals surface area contributed by atoms with Gasteiger partial charge in [-0.25, -0.2) is 9.59 Å². The zero-order valence-corrected chi connectivity index (χ0v) is 21.9. The van der Waals surface area contributed by atoms with Crippen LogP contribution in [0.5, 0.6) is 0 Å². The third-order valence-corrected chi connectivity index (χ3v) is 5.82. The first-order valence-corrected chi connectivity index (χ1v) is 13.3. The minimum atomic E-state index is -1.21. The summed E-state index contributed by atoms with van der Waals surface area (Å²) in [5.74, 6) is -0.921. The molecule has 0 amide bonds. The number of unbranched alkanes of at least 4 members (excludes halogenated alkanes) is 15. The molecule has 0 aliphatic carbocycles. The standard InChI is InChI=1S/C28H50O5/c1-6-7-8-9-10-11-12-13-14-15-16-17-18-19-20-21-22-26(33-27(30)23(2)3)24(4)28(31)32-25(5)29/h25,29H,2,6-22H2,1,3-5H3/b26-24-. The van der Waals surface area contributed by atoms with E-state index < -0.39 is 18.2 Å². The Morgan fingerprint density at radius 3 is 1.48 bits per heavy atom. The molecule has 1 atom stereocenters. The molecule has 0 spiro atoms. The van der Waals surface area contributed by atoms with Crippen LogP contribution >= 0.6 is 0 Å². The zero-order valence-electron chi connectivity index (χ0n) is 21.9. The van der Waals surface area contributed by atoms with Gasteiger partial charge in [-0.05, 0) is 27.2 Å². The molecule has 0 fully saturated rings. The van der Waals surface area contributed by atoms with Gasteiger partial charge >= 0.3 is 11.9 Å². The number of rotatable bonds is 21. The van der Waals surface area contributed by atoms with Crippen LogP contribution in [0.1, 0.15) is 137 Å². The SMILES string of the molecule is C=C(C)C(=O)O/C(CCCCCCCCCCCCCCCCCC)=C(/C)C(=O)OC(C)O. The van der Waals surface area contributed by atoms with Crippen molar-refractivity contribution in [3.8, 4) is 0 Å². The lowest BCUT2D eigenvalue weighted by Crippen LogP contribution is -2.17. The Kier molecular flexibility index (Phi) is 19.9. The predicted octanol–water partition coefficient (Wildman–Crippen LogP) is 7.91. The Morgan fingerprint density at radius 1 is 0.727 bits per heavy atom. The second-order valence-electron chi connectivity index (χ2n) is 9.28. The molecular formula is C28H50O5. The van der Waals surface area contributed by atoms with Crippen LogP contribution in [0.15, 0.2) is 23.5 Å². The van der Waals surface area contributed by atoms with Crippen molar-refractivity contribution in [2.75, 3.05) is 0 Å². The average Bonchev–Trinajstić information content (AvgIpc) is 2.76. The summed E-state index contributed by atoms with van der Waals surface area (Å²) in [5.41, 5.74) is 0.489. The Hall–Kier alpha value is -1.62. The lowest BCUT2D eigenvalue weighted by Gasteiger charge is -2.13. The van der Waals surface area contributed by atoms with E-state index in [0.29, 0.717) is 12.2 Å². The van der Waals surface area contributed by atoms with Gasteiger partial charge in [0.15, 0.2) is 6.29 Å². The van der Waals surface area contributed by atoms with E-state index in [4.69, 9.17) is 9.47 Å². The highest BCUT2D eigenvalue weighted by Crippen LogP contribution is 2.20. The molecule has 0 bridgehead atoms. The van der Waals surface area contributed by atoms with Gasteiger partial charge in [-0.15, -0.1) is 0 Å². The summed E-state index contributed by atoms with van der Waals surface area (Å²) in [6, 6.07) is 0. The van der Waals surface area contributed by atoms with E-state index in [1.54, 1.807) is 13.8 Å². The fraction of sp³-hybridized carbons (Fsp3) is 0.786. The van der Waals surface area contributed by atoms with Gasteiger partial charge in [0.25, 0.3) is 0 Å². The molecule has 0 aromatic rings. The van der Waals surface area contributed by atoms with E-state index in [9.17, 15) is 14.7 Å². The quantitative estimate of drug-likeness (QED) is 0.0611. The Bertz CT molecular complexity index is 577. The first kappa shape index (κ1) is 31.4. The molecular weight excluding hydrogens is 416 g/mol. The number of carbonyl (C=O) groups is 2. The maximum absolute atomic E-state index is 12.1. The van der Waals surface area contributed by atoms with Gasteiger partial charge in [0.2, 0.25) is 0 Å². The van der Waals surface area contributed by atoms with Crippen LogP contribution in [-0.2, 0) is 19.1 Å². The molecule has 0 rings (SSSR count). The first-order chi connectivity index (χ1) is 15.8. The molecule has 0 aliphatic heterocycles. The Balaban J connectivity index is 3.96. The van der Waals surface area contributed by atoms with Crippen LogP contribution in [0, 0.1) is 0 Å². The molecule has 0 heterocycles. The molecule has 0 radical (unpaired) electrons. The van der Waals surface area contributed by atoms with E-state index in [1.807, 2.05) is 0 Å². The molecule has 33 heavy (non-hydrogen) atoms. The van der Waals surface area contributed by atoms with Crippen LogP contribution in [0.2, 0.25) is 0 Å². The smallest absolute Gasteiger partial charge is 0.339 e. The maximum atomic E-state index is 12.1. The largest absolute Gasteiger partial charge is 0.433 e. The fourth-order valence-corrected chi connectivity index (χ4v) is 3.70. The van der Waals surface area contributed by atoms with Gasteiger partial charge in [-0.1, -0.05) is 110 Å². The van der Waals surface area contributed by atoms with Crippen molar-refractivity contribution in [2.45, 2.75) is 143 Å². The van der Waals surface area contributed by atoms with Crippen molar-refractivity contribution in [2.24, 2.45) is 0 Å². The second kappa shape index (κ2) is 20.9. The highest BCUT2D eigenvalue weighted by Gasteiger charge is 2.18. The first-order valence-electron chi connectivity index (χ1n) is 13.3. The van der Waals surface area contributed by atoms with Crippen LogP contribution in [0.3, 0.4) is 0 Å². The van der Waals surface area contributed by atoms with E-state index >= 15 is 0 Å². The number of allylic oxidation sites excluding steroid dienone is 1. The monoisotopic (exact) mass is 466 g/mol. The topological polar surface area (TPSA) is 72.8 Å². The molecule has 192 valence electrons. The highest BCUT2D eigenvalue weighted by atomic mass is 16.6. The summed E-state index contributed by atoms with van der Waals surface area (Å²) in [5, 5.41) is 9.26. The third kappa shape index (κ3) is 18.5. The lowest BCUT2D eigenvalue weighted by atomic mass is 10.0. The summed E-state index contributed by atoms with van der Waals surface area (Å²) in [6.45, 7) is 10.3. The summed E-state index contributed by atoms with van der Waals surface area (Å²) >= 11 is 0. The van der Waals surface area contributed by atoms with Gasteiger partial charge < -0.3 is 14.6 Å². The molecule has 0 saturated carbocycles. The molecule has 0 aliphatic rings. The normalized spacial score (nSPS) is 12.8. The number of hydrogen-bond acceptors (Lipinski definition) is 5. The molecule has 5 heteroatoms. The van der Waals surface area contributed by atoms with E-state index in [2.05, 4.69) is 13.5 Å². The summed E-state index contributed by atoms with van der Waals surface area (Å²) in [6.07, 6.45) is 19.9. The van der Waals surface area contributed by atoms with Crippen LogP contribution in [-0.4, -0.2) is 23.3 Å².